The number of nitrogens with zero attached hydrogens (tertiary/aromatic N) is 1. The lowest BCUT2D eigenvalue weighted by Crippen LogP contribution is -2.44. The molecular weight excluding hydrogens is 354 g/mol. The summed E-state index contributed by atoms with van der Waals surface area (Å²) in [5, 5.41) is 4.03. The highest BCUT2D eigenvalue weighted by atomic mass is 14.9. The van der Waals surface area contributed by atoms with Gasteiger partial charge in [0.05, 0.1) is 5.69 Å². The second kappa shape index (κ2) is 10.2. The molecular formula is C26H37N3. The van der Waals surface area contributed by atoms with Gasteiger partial charge in [-0.3, -0.25) is 0 Å². The SMILES string of the molecule is Nc1cccc(-c2ccc(CCNC(C3CCCCC3)C3CCCCC3)cc2)n1. The Morgan fingerprint density at radius 3 is 2.03 bits per heavy atom. The highest BCUT2D eigenvalue weighted by Gasteiger charge is 2.30. The molecule has 0 aliphatic heterocycles. The van der Waals surface area contributed by atoms with E-state index in [4.69, 9.17) is 5.73 Å². The third-order valence-corrected chi connectivity index (χ3v) is 7.13. The summed E-state index contributed by atoms with van der Waals surface area (Å²) in [4.78, 5) is 4.43. The average molecular weight is 392 g/mol. The molecule has 0 saturated heterocycles. The van der Waals surface area contributed by atoms with Gasteiger partial charge in [0, 0.05) is 11.6 Å². The molecule has 0 spiro atoms. The quantitative estimate of drug-likeness (QED) is 0.609. The monoisotopic (exact) mass is 391 g/mol. The number of pyridine rings is 1. The molecule has 1 heterocycles. The topological polar surface area (TPSA) is 50.9 Å². The predicted octanol–water partition coefficient (Wildman–Crippen LogP) is 5.99. The van der Waals surface area contributed by atoms with Crippen molar-refractivity contribution in [2.75, 3.05) is 12.3 Å². The van der Waals surface area contributed by atoms with Crippen molar-refractivity contribution in [2.45, 2.75) is 76.7 Å². The Labute approximate surface area is 176 Å². The molecule has 2 aliphatic carbocycles. The van der Waals surface area contributed by atoms with Crippen LogP contribution in [0.2, 0.25) is 0 Å². The van der Waals surface area contributed by atoms with Gasteiger partial charge in [0.2, 0.25) is 0 Å². The van der Waals surface area contributed by atoms with Gasteiger partial charge in [0.1, 0.15) is 5.82 Å². The second-order valence-corrected chi connectivity index (χ2v) is 9.17. The molecule has 3 heteroatoms. The molecule has 2 aliphatic rings. The summed E-state index contributed by atoms with van der Waals surface area (Å²) in [6.45, 7) is 1.09. The third-order valence-electron chi connectivity index (χ3n) is 7.13. The molecule has 29 heavy (non-hydrogen) atoms. The number of nitrogens with one attached hydrogen (secondary N) is 1. The molecule has 3 nitrogen and oxygen atoms in total. The van der Waals surface area contributed by atoms with Gasteiger partial charge in [-0.15, -0.1) is 0 Å². The Kier molecular flexibility index (Phi) is 7.21. The fourth-order valence-electron chi connectivity index (χ4n) is 5.54. The van der Waals surface area contributed by atoms with Gasteiger partial charge in [-0.05, 0) is 68.2 Å². The van der Waals surface area contributed by atoms with E-state index >= 15 is 0 Å². The number of nitrogens with two attached hydrogens (primary N) is 1. The second-order valence-electron chi connectivity index (χ2n) is 9.17. The zero-order chi connectivity index (χ0) is 19.9. The first-order valence-corrected chi connectivity index (χ1v) is 11.8. The van der Waals surface area contributed by atoms with E-state index in [1.54, 1.807) is 0 Å². The first-order chi connectivity index (χ1) is 14.3. The molecule has 0 radical (unpaired) electrons. The van der Waals surface area contributed by atoms with Crippen molar-refractivity contribution in [1.29, 1.82) is 0 Å². The summed E-state index contributed by atoms with van der Waals surface area (Å²) < 4.78 is 0. The smallest absolute Gasteiger partial charge is 0.124 e. The van der Waals surface area contributed by atoms with E-state index in [0.29, 0.717) is 5.82 Å². The fourth-order valence-corrected chi connectivity index (χ4v) is 5.54. The van der Waals surface area contributed by atoms with Crippen LogP contribution in [0.15, 0.2) is 42.5 Å². The van der Waals surface area contributed by atoms with E-state index in [0.717, 1.165) is 42.1 Å². The zero-order valence-corrected chi connectivity index (χ0v) is 17.8. The van der Waals surface area contributed by atoms with Crippen molar-refractivity contribution in [3.63, 3.8) is 0 Å². The number of hydrogen-bond acceptors (Lipinski definition) is 3. The Hall–Kier alpha value is -1.87. The molecule has 2 saturated carbocycles. The molecule has 156 valence electrons. The Bertz CT molecular complexity index is 725. The van der Waals surface area contributed by atoms with Crippen molar-refractivity contribution in [3.8, 4) is 11.3 Å². The van der Waals surface area contributed by atoms with Gasteiger partial charge in [0.25, 0.3) is 0 Å². The van der Waals surface area contributed by atoms with Crippen molar-refractivity contribution in [1.82, 2.24) is 10.3 Å². The standard InChI is InChI=1S/C26H37N3/c27-25-13-7-12-24(29-25)21-16-14-20(15-17-21)18-19-28-26(22-8-3-1-4-9-22)23-10-5-2-6-11-23/h7,12-17,22-23,26,28H,1-6,8-11,18-19H2,(H2,27,29). The molecule has 0 unspecified atom stereocenters. The molecule has 0 amide bonds. The van der Waals surface area contributed by atoms with Gasteiger partial charge < -0.3 is 11.1 Å². The Morgan fingerprint density at radius 1 is 0.828 bits per heavy atom. The first kappa shape index (κ1) is 20.4. The van der Waals surface area contributed by atoms with Crippen LogP contribution in [0.3, 0.4) is 0 Å². The summed E-state index contributed by atoms with van der Waals surface area (Å²) in [5.41, 5.74) is 9.31. The van der Waals surface area contributed by atoms with Crippen LogP contribution in [0.4, 0.5) is 5.82 Å². The van der Waals surface area contributed by atoms with Crippen molar-refractivity contribution in [3.05, 3.63) is 48.0 Å². The van der Waals surface area contributed by atoms with Gasteiger partial charge in [-0.2, -0.15) is 0 Å². The maximum absolute atomic E-state index is 5.82. The minimum absolute atomic E-state index is 0.576. The number of rotatable bonds is 7. The van der Waals surface area contributed by atoms with Crippen LogP contribution in [-0.2, 0) is 6.42 Å². The maximum atomic E-state index is 5.82. The largest absolute Gasteiger partial charge is 0.384 e. The van der Waals surface area contributed by atoms with E-state index < -0.39 is 0 Å². The molecule has 3 N–H and O–H groups in total. The summed E-state index contributed by atoms with van der Waals surface area (Å²) in [5.74, 6) is 2.39. The fraction of sp³-hybridized carbons (Fsp3) is 0.577. The van der Waals surface area contributed by atoms with E-state index in [1.165, 1.54) is 69.8 Å². The van der Waals surface area contributed by atoms with Gasteiger partial charge in [-0.25, -0.2) is 4.98 Å². The van der Waals surface area contributed by atoms with E-state index in [1.807, 2.05) is 18.2 Å². The van der Waals surface area contributed by atoms with Crippen LogP contribution in [0.5, 0.6) is 0 Å². The number of anilines is 1. The summed E-state index contributed by atoms with van der Waals surface area (Å²) in [6.07, 6.45) is 15.5. The summed E-state index contributed by atoms with van der Waals surface area (Å²) in [6, 6.07) is 15.4. The molecule has 2 fully saturated rings. The third kappa shape index (κ3) is 5.60. The lowest BCUT2D eigenvalue weighted by atomic mass is 9.73. The van der Waals surface area contributed by atoms with Crippen LogP contribution in [0.25, 0.3) is 11.3 Å². The number of nitrogen functional groups attached to an aromatic ring is 1. The minimum atomic E-state index is 0.576. The highest BCUT2D eigenvalue weighted by molar-refractivity contribution is 5.61. The molecule has 1 aromatic carbocycles. The van der Waals surface area contributed by atoms with E-state index in [2.05, 4.69) is 34.6 Å². The summed E-state index contributed by atoms with van der Waals surface area (Å²) >= 11 is 0. The van der Waals surface area contributed by atoms with Crippen LogP contribution < -0.4 is 11.1 Å². The van der Waals surface area contributed by atoms with E-state index in [-0.39, 0.29) is 0 Å². The molecule has 0 atom stereocenters. The predicted molar refractivity (Wildman–Crippen MR) is 123 cm³/mol. The van der Waals surface area contributed by atoms with Crippen molar-refractivity contribution in [2.24, 2.45) is 11.8 Å². The van der Waals surface area contributed by atoms with Crippen LogP contribution in [0.1, 0.15) is 69.8 Å². The molecule has 0 bridgehead atoms. The van der Waals surface area contributed by atoms with Gasteiger partial charge >= 0.3 is 0 Å². The lowest BCUT2D eigenvalue weighted by molar-refractivity contribution is 0.173. The Balaban J connectivity index is 1.34. The Morgan fingerprint density at radius 2 is 1.45 bits per heavy atom. The van der Waals surface area contributed by atoms with Crippen molar-refractivity contribution >= 4 is 5.82 Å². The van der Waals surface area contributed by atoms with Crippen LogP contribution >= 0.6 is 0 Å². The molecule has 1 aromatic heterocycles. The minimum Gasteiger partial charge on any atom is -0.384 e. The van der Waals surface area contributed by atoms with Crippen LogP contribution in [0, 0.1) is 11.8 Å². The first-order valence-electron chi connectivity index (χ1n) is 11.8. The molecule has 4 rings (SSSR count). The van der Waals surface area contributed by atoms with Gasteiger partial charge in [-0.1, -0.05) is 68.9 Å². The average Bonchev–Trinajstić information content (AvgIpc) is 2.78. The normalized spacial score (nSPS) is 18.9. The van der Waals surface area contributed by atoms with Gasteiger partial charge in [0.15, 0.2) is 0 Å². The maximum Gasteiger partial charge on any atom is 0.124 e. The summed E-state index contributed by atoms with van der Waals surface area (Å²) in [7, 11) is 0. The zero-order valence-electron chi connectivity index (χ0n) is 17.8. The van der Waals surface area contributed by atoms with Crippen molar-refractivity contribution < 1.29 is 0 Å². The number of benzene rings is 1. The number of hydrogen-bond donors (Lipinski definition) is 2. The number of aromatic nitrogens is 1. The lowest BCUT2D eigenvalue weighted by Gasteiger charge is -2.38. The molecule has 2 aromatic rings. The highest BCUT2D eigenvalue weighted by Crippen LogP contribution is 2.35. The van der Waals surface area contributed by atoms with Crippen LogP contribution in [-0.4, -0.2) is 17.6 Å². The van der Waals surface area contributed by atoms with E-state index in [9.17, 15) is 0 Å².